The van der Waals surface area contributed by atoms with Crippen LogP contribution < -0.4 is 10.9 Å². The van der Waals surface area contributed by atoms with Crippen LogP contribution in [0.5, 0.6) is 0 Å². The summed E-state index contributed by atoms with van der Waals surface area (Å²) in [5.41, 5.74) is 4.51. The van der Waals surface area contributed by atoms with Gasteiger partial charge in [0.05, 0.1) is 28.0 Å². The van der Waals surface area contributed by atoms with Gasteiger partial charge in [-0.2, -0.15) is 0 Å². The maximum Gasteiger partial charge on any atom is 0.266 e. The lowest BCUT2D eigenvalue weighted by molar-refractivity contribution is -0.113. The molecule has 0 saturated carbocycles. The summed E-state index contributed by atoms with van der Waals surface area (Å²) in [6.07, 6.45) is 0. The maximum atomic E-state index is 13.5. The molecular weight excluding hydrogens is 494 g/mol. The van der Waals surface area contributed by atoms with Crippen molar-refractivity contribution in [1.82, 2.24) is 9.55 Å². The van der Waals surface area contributed by atoms with Gasteiger partial charge in [-0.25, -0.2) is 4.98 Å². The van der Waals surface area contributed by atoms with Gasteiger partial charge in [-0.05, 0) is 61.4 Å². The number of aryl methyl sites for hydroxylation is 2. The molecule has 1 N–H and O–H groups in total. The zero-order valence-electron chi connectivity index (χ0n) is 21.0. The third kappa shape index (κ3) is 5.28. The number of fused-ring (bicyclic) bond motifs is 1. The number of hydrogen-bond donors (Lipinski definition) is 1. The number of carbonyl (C=O) groups is 2. The van der Waals surface area contributed by atoms with E-state index in [4.69, 9.17) is 4.98 Å². The minimum Gasteiger partial charge on any atom is -0.325 e. The second-order valence-corrected chi connectivity index (χ2v) is 9.92. The van der Waals surface area contributed by atoms with E-state index >= 15 is 0 Å². The van der Waals surface area contributed by atoms with Crippen molar-refractivity contribution in [1.29, 1.82) is 0 Å². The van der Waals surface area contributed by atoms with Gasteiger partial charge in [-0.1, -0.05) is 72.4 Å². The van der Waals surface area contributed by atoms with Crippen molar-refractivity contribution in [2.24, 2.45) is 0 Å². The van der Waals surface area contributed by atoms with Crippen LogP contribution in [-0.2, 0) is 4.79 Å². The summed E-state index contributed by atoms with van der Waals surface area (Å²) >= 11 is 1.18. The Morgan fingerprint density at radius 2 is 1.50 bits per heavy atom. The standard InChI is InChI=1S/C31H25N3O3S/c1-20-16-21(2)18-23(17-20)34-30(37)25-13-7-9-15-27(25)33-31(34)38-19-28(35)32-26-14-8-6-12-24(26)29(36)22-10-4-3-5-11-22/h3-18H,19H2,1-2H3,(H,32,35). The van der Waals surface area contributed by atoms with E-state index in [1.54, 1.807) is 65.2 Å². The highest BCUT2D eigenvalue weighted by molar-refractivity contribution is 7.99. The number of thioether (sulfide) groups is 1. The molecule has 5 rings (SSSR count). The fourth-order valence-corrected chi connectivity index (χ4v) is 5.18. The molecule has 0 spiro atoms. The van der Waals surface area contributed by atoms with Gasteiger partial charge < -0.3 is 5.32 Å². The largest absolute Gasteiger partial charge is 0.325 e. The number of benzene rings is 4. The molecule has 0 aliphatic carbocycles. The molecule has 0 fully saturated rings. The van der Waals surface area contributed by atoms with E-state index in [9.17, 15) is 14.4 Å². The quantitative estimate of drug-likeness (QED) is 0.163. The summed E-state index contributed by atoms with van der Waals surface area (Å²) in [4.78, 5) is 44.3. The van der Waals surface area contributed by atoms with Gasteiger partial charge in [0.2, 0.25) is 5.91 Å². The first-order valence-electron chi connectivity index (χ1n) is 12.1. The van der Waals surface area contributed by atoms with E-state index < -0.39 is 0 Å². The Balaban J connectivity index is 1.44. The Bertz CT molecular complexity index is 1710. The van der Waals surface area contributed by atoms with E-state index in [1.165, 1.54) is 11.8 Å². The van der Waals surface area contributed by atoms with Gasteiger partial charge in [-0.15, -0.1) is 0 Å². The van der Waals surface area contributed by atoms with Crippen LogP contribution in [0.3, 0.4) is 0 Å². The van der Waals surface area contributed by atoms with Gasteiger partial charge in [0.15, 0.2) is 10.9 Å². The molecule has 5 aromatic rings. The van der Waals surface area contributed by atoms with Crippen LogP contribution in [0.1, 0.15) is 27.0 Å². The van der Waals surface area contributed by atoms with E-state index in [2.05, 4.69) is 5.32 Å². The normalized spacial score (nSPS) is 10.9. The second-order valence-electron chi connectivity index (χ2n) is 8.98. The summed E-state index contributed by atoms with van der Waals surface area (Å²) in [6.45, 7) is 3.95. The summed E-state index contributed by atoms with van der Waals surface area (Å²) in [7, 11) is 0. The highest BCUT2D eigenvalue weighted by Crippen LogP contribution is 2.24. The number of hydrogen-bond acceptors (Lipinski definition) is 5. The van der Waals surface area contributed by atoms with E-state index in [-0.39, 0.29) is 23.0 Å². The number of amides is 1. The molecule has 1 aromatic heterocycles. The SMILES string of the molecule is Cc1cc(C)cc(-n2c(SCC(=O)Nc3ccccc3C(=O)c3ccccc3)nc3ccccc3c2=O)c1. The number of anilines is 1. The van der Waals surface area contributed by atoms with Crippen LogP contribution >= 0.6 is 11.8 Å². The summed E-state index contributed by atoms with van der Waals surface area (Å²) < 4.78 is 1.56. The van der Waals surface area contributed by atoms with Crippen LogP contribution in [0, 0.1) is 13.8 Å². The summed E-state index contributed by atoms with van der Waals surface area (Å²) in [5.74, 6) is -0.476. The van der Waals surface area contributed by atoms with Crippen LogP contribution in [0.15, 0.2) is 107 Å². The molecule has 0 aliphatic rings. The molecule has 4 aromatic carbocycles. The molecule has 0 saturated heterocycles. The highest BCUT2D eigenvalue weighted by Gasteiger charge is 2.18. The molecule has 0 radical (unpaired) electrons. The fourth-order valence-electron chi connectivity index (χ4n) is 4.37. The van der Waals surface area contributed by atoms with Crippen molar-refractivity contribution in [2.75, 3.05) is 11.1 Å². The zero-order valence-corrected chi connectivity index (χ0v) is 21.8. The Morgan fingerprint density at radius 1 is 0.842 bits per heavy atom. The Kier molecular flexibility index (Phi) is 7.20. The zero-order chi connectivity index (χ0) is 26.6. The number of rotatable bonds is 7. The molecule has 188 valence electrons. The number of ketones is 1. The minimum atomic E-state index is -0.308. The van der Waals surface area contributed by atoms with Crippen molar-refractivity contribution in [3.05, 3.63) is 130 Å². The van der Waals surface area contributed by atoms with E-state index in [1.807, 2.05) is 50.2 Å². The van der Waals surface area contributed by atoms with E-state index in [0.717, 1.165) is 11.1 Å². The van der Waals surface area contributed by atoms with Crippen molar-refractivity contribution in [3.8, 4) is 5.69 Å². The van der Waals surface area contributed by atoms with Crippen molar-refractivity contribution in [2.45, 2.75) is 19.0 Å². The molecule has 6 nitrogen and oxygen atoms in total. The number of aromatic nitrogens is 2. The van der Waals surface area contributed by atoms with Crippen molar-refractivity contribution < 1.29 is 9.59 Å². The molecule has 0 aliphatic heterocycles. The van der Waals surface area contributed by atoms with Gasteiger partial charge in [0.1, 0.15) is 0 Å². The second kappa shape index (κ2) is 10.9. The Hall–Kier alpha value is -4.49. The van der Waals surface area contributed by atoms with Gasteiger partial charge in [-0.3, -0.25) is 19.0 Å². The molecule has 7 heteroatoms. The van der Waals surface area contributed by atoms with Crippen LogP contribution in [0.4, 0.5) is 5.69 Å². The molecular formula is C31H25N3O3S. The lowest BCUT2D eigenvalue weighted by Gasteiger charge is -2.15. The first-order chi connectivity index (χ1) is 18.4. The maximum absolute atomic E-state index is 13.5. The average molecular weight is 520 g/mol. The smallest absolute Gasteiger partial charge is 0.266 e. The van der Waals surface area contributed by atoms with Crippen LogP contribution in [-0.4, -0.2) is 27.0 Å². The molecule has 1 heterocycles. The first-order valence-corrected chi connectivity index (χ1v) is 13.1. The number of nitrogens with one attached hydrogen (secondary N) is 1. The molecule has 1 amide bonds. The Labute approximate surface area is 224 Å². The molecule has 0 unspecified atom stereocenters. The third-order valence-electron chi connectivity index (χ3n) is 6.02. The molecule has 38 heavy (non-hydrogen) atoms. The molecule has 0 atom stereocenters. The van der Waals surface area contributed by atoms with Gasteiger partial charge in [0, 0.05) is 11.1 Å². The first kappa shape index (κ1) is 25.2. The lowest BCUT2D eigenvalue weighted by atomic mass is 10.0. The topological polar surface area (TPSA) is 81.1 Å². The summed E-state index contributed by atoms with van der Waals surface area (Å²) in [6, 6.07) is 29.0. The number of nitrogens with zero attached hydrogens (tertiary/aromatic N) is 2. The van der Waals surface area contributed by atoms with Crippen molar-refractivity contribution in [3.63, 3.8) is 0 Å². The predicted molar refractivity (Wildman–Crippen MR) is 152 cm³/mol. The molecule has 0 bridgehead atoms. The monoisotopic (exact) mass is 519 g/mol. The third-order valence-corrected chi connectivity index (χ3v) is 6.96. The van der Waals surface area contributed by atoms with Gasteiger partial charge in [0.25, 0.3) is 5.56 Å². The summed E-state index contributed by atoms with van der Waals surface area (Å²) in [5, 5.41) is 3.79. The predicted octanol–water partition coefficient (Wildman–Crippen LogP) is 5.96. The highest BCUT2D eigenvalue weighted by atomic mass is 32.2. The van der Waals surface area contributed by atoms with Crippen LogP contribution in [0.2, 0.25) is 0 Å². The average Bonchev–Trinajstić information content (AvgIpc) is 2.92. The van der Waals surface area contributed by atoms with E-state index in [0.29, 0.717) is 38.6 Å². The number of carbonyl (C=O) groups excluding carboxylic acids is 2. The van der Waals surface area contributed by atoms with Gasteiger partial charge >= 0.3 is 0 Å². The lowest BCUT2D eigenvalue weighted by Crippen LogP contribution is -2.23. The number of para-hydroxylation sites is 2. The fraction of sp³-hybridized carbons (Fsp3) is 0.0968. The minimum absolute atomic E-state index is 0.00341. The Morgan fingerprint density at radius 3 is 2.26 bits per heavy atom. The van der Waals surface area contributed by atoms with Crippen LogP contribution in [0.25, 0.3) is 16.6 Å². The van der Waals surface area contributed by atoms with Crippen molar-refractivity contribution >= 4 is 40.0 Å².